The second kappa shape index (κ2) is 14.3. The molecule has 1 heterocycles. The Hall–Kier alpha value is -3.50. The lowest BCUT2D eigenvalue weighted by atomic mass is 9.87. The third kappa shape index (κ3) is 7.84. The van der Waals surface area contributed by atoms with Crippen molar-refractivity contribution < 1.29 is 22.5 Å². The second-order valence-corrected chi connectivity index (χ2v) is 14.2. The van der Waals surface area contributed by atoms with Crippen LogP contribution in [-0.2, 0) is 31.7 Å². The van der Waals surface area contributed by atoms with Crippen LogP contribution in [0.25, 0.3) is 11.1 Å². The van der Waals surface area contributed by atoms with Crippen molar-refractivity contribution in [1.82, 2.24) is 10.1 Å². The molecule has 0 atom stereocenters. The lowest BCUT2D eigenvalue weighted by molar-refractivity contribution is -0.112. The number of anilines is 1. The number of hydrogen-bond acceptors (Lipinski definition) is 7. The minimum atomic E-state index is -4.01. The number of benzene rings is 2. The van der Waals surface area contributed by atoms with Crippen molar-refractivity contribution in [1.29, 1.82) is 0 Å². The van der Waals surface area contributed by atoms with E-state index in [0.717, 1.165) is 73.8 Å². The third-order valence-electron chi connectivity index (χ3n) is 8.75. The Bertz CT molecular complexity index is 1620. The summed E-state index contributed by atoms with van der Waals surface area (Å²) in [7, 11) is -1.98. The molecule has 1 fully saturated rings. The van der Waals surface area contributed by atoms with Gasteiger partial charge in [0, 0.05) is 37.7 Å². The van der Waals surface area contributed by atoms with Crippen LogP contribution in [0.1, 0.15) is 95.1 Å². The summed E-state index contributed by atoms with van der Waals surface area (Å²) < 4.78 is 41.5. The molecule has 0 bridgehead atoms. The average molecular weight is 637 g/mol. The monoisotopic (exact) mass is 636 g/mol. The molecule has 45 heavy (non-hydrogen) atoms. The Balaban J connectivity index is 1.76. The van der Waals surface area contributed by atoms with E-state index in [1.54, 1.807) is 26.0 Å². The van der Waals surface area contributed by atoms with Crippen molar-refractivity contribution >= 4 is 28.0 Å². The molecule has 9 nitrogen and oxygen atoms in total. The normalized spacial score (nSPS) is 15.3. The smallest absolute Gasteiger partial charge is 0.263 e. The molecule has 10 heteroatoms. The van der Waals surface area contributed by atoms with Crippen LogP contribution in [0.5, 0.6) is 0 Å². The number of aryl methyl sites for hydroxylation is 1. The van der Waals surface area contributed by atoms with Gasteiger partial charge in [-0.05, 0) is 76.6 Å². The maximum atomic E-state index is 13.7. The Morgan fingerprint density at radius 2 is 1.84 bits per heavy atom. The van der Waals surface area contributed by atoms with Gasteiger partial charge in [0.15, 0.2) is 5.82 Å². The maximum absolute atomic E-state index is 13.7. The molecule has 3 aromatic rings. The van der Waals surface area contributed by atoms with Gasteiger partial charge in [-0.25, -0.2) is 8.42 Å². The zero-order valence-corrected chi connectivity index (χ0v) is 28.6. The highest BCUT2D eigenvalue weighted by atomic mass is 32.2. The molecule has 0 saturated heterocycles. The molecule has 0 radical (unpaired) electrons. The fraction of sp³-hybridized carbons (Fsp3) is 0.514. The van der Waals surface area contributed by atoms with Crippen LogP contribution in [0.2, 0.25) is 0 Å². The number of carbonyl (C=O) groups is 1. The number of aromatic nitrogens is 1. The SMILES string of the molecule is CCCC/C(=N/C1(C=O)CCCC1)N(C)Cc1ccc(-c2ccccc2S(=O)(=O)Nc2noc(C)c2C)c(C(C)(C)OCC)c1. The van der Waals surface area contributed by atoms with Gasteiger partial charge < -0.3 is 19.0 Å². The number of aldehydes is 1. The van der Waals surface area contributed by atoms with Crippen LogP contribution in [0.3, 0.4) is 0 Å². The van der Waals surface area contributed by atoms with E-state index in [4.69, 9.17) is 14.3 Å². The number of hydrogen-bond donors (Lipinski definition) is 1. The first-order valence-corrected chi connectivity index (χ1v) is 17.4. The molecule has 1 aliphatic carbocycles. The van der Waals surface area contributed by atoms with E-state index in [9.17, 15) is 13.2 Å². The van der Waals surface area contributed by atoms with E-state index in [1.807, 2.05) is 52.1 Å². The van der Waals surface area contributed by atoms with Crippen molar-refractivity contribution in [3.8, 4) is 11.1 Å². The summed E-state index contributed by atoms with van der Waals surface area (Å²) >= 11 is 0. The van der Waals surface area contributed by atoms with Crippen LogP contribution in [0.4, 0.5) is 5.82 Å². The quantitative estimate of drug-likeness (QED) is 0.110. The van der Waals surface area contributed by atoms with Crippen molar-refractivity contribution in [2.45, 2.75) is 109 Å². The number of amidine groups is 1. The van der Waals surface area contributed by atoms with Gasteiger partial charge in [-0.15, -0.1) is 0 Å². The van der Waals surface area contributed by atoms with Crippen LogP contribution < -0.4 is 4.72 Å². The fourth-order valence-corrected chi connectivity index (χ4v) is 7.29. The molecule has 0 unspecified atom stereocenters. The van der Waals surface area contributed by atoms with Gasteiger partial charge in [-0.3, -0.25) is 9.71 Å². The Morgan fingerprint density at radius 3 is 2.47 bits per heavy atom. The van der Waals surface area contributed by atoms with Gasteiger partial charge >= 0.3 is 0 Å². The van der Waals surface area contributed by atoms with Crippen LogP contribution >= 0.6 is 0 Å². The Morgan fingerprint density at radius 1 is 1.13 bits per heavy atom. The predicted molar refractivity (Wildman–Crippen MR) is 179 cm³/mol. The summed E-state index contributed by atoms with van der Waals surface area (Å²) in [5.41, 5.74) is 2.54. The standard InChI is InChI=1S/C35H48N4O5S/c1-8-10-17-32(36-35(24-40)20-13-14-21-35)39(7)23-27-18-19-28(30(22-27)34(5,6)43-9-2)29-15-11-12-16-31(29)45(41,42)38-33-25(3)26(4)44-37-33/h11-12,15-16,18-19,22,24H,8-10,13-14,17,20-21,23H2,1-7H3,(H,37,38)/b36-32-. The average Bonchev–Trinajstić information content (AvgIpc) is 3.61. The molecule has 0 amide bonds. The van der Waals surface area contributed by atoms with Crippen LogP contribution in [0, 0.1) is 13.8 Å². The first-order chi connectivity index (χ1) is 21.4. The number of nitrogens with zero attached hydrogens (tertiary/aromatic N) is 3. The van der Waals surface area contributed by atoms with E-state index >= 15 is 0 Å². The number of aliphatic imine (C=N–C) groups is 1. The van der Waals surface area contributed by atoms with E-state index in [-0.39, 0.29) is 10.7 Å². The third-order valence-corrected chi connectivity index (χ3v) is 10.1. The molecular formula is C35H48N4O5S. The van der Waals surface area contributed by atoms with Crippen LogP contribution in [0.15, 0.2) is 56.9 Å². The van der Waals surface area contributed by atoms with Gasteiger partial charge in [0.25, 0.3) is 10.0 Å². The highest BCUT2D eigenvalue weighted by Crippen LogP contribution is 2.39. The summed E-state index contributed by atoms with van der Waals surface area (Å²) in [6.45, 7) is 12.7. The summed E-state index contributed by atoms with van der Waals surface area (Å²) in [4.78, 5) is 19.5. The lowest BCUT2D eigenvalue weighted by Gasteiger charge is -2.30. The summed E-state index contributed by atoms with van der Waals surface area (Å²) in [6.07, 6.45) is 7.53. The highest BCUT2D eigenvalue weighted by molar-refractivity contribution is 7.92. The molecule has 0 spiro atoms. The summed E-state index contributed by atoms with van der Waals surface area (Å²) in [5.74, 6) is 1.67. The van der Waals surface area contributed by atoms with E-state index < -0.39 is 21.2 Å². The fourth-order valence-electron chi connectivity index (χ4n) is 6.01. The molecule has 0 aliphatic heterocycles. The molecule has 4 rings (SSSR count). The van der Waals surface area contributed by atoms with Gasteiger partial charge in [0.05, 0.1) is 10.5 Å². The highest BCUT2D eigenvalue weighted by Gasteiger charge is 2.34. The largest absolute Gasteiger partial charge is 0.371 e. The first-order valence-electron chi connectivity index (χ1n) is 15.9. The minimum absolute atomic E-state index is 0.133. The number of carbonyl (C=O) groups excluding carboxylic acids is 1. The topological polar surface area (TPSA) is 114 Å². The molecule has 1 N–H and O–H groups in total. The van der Waals surface area contributed by atoms with Gasteiger partial charge in [-0.2, -0.15) is 0 Å². The second-order valence-electron chi connectivity index (χ2n) is 12.6. The van der Waals surface area contributed by atoms with Gasteiger partial charge in [0.1, 0.15) is 23.4 Å². The molecule has 1 aromatic heterocycles. The van der Waals surface area contributed by atoms with Gasteiger partial charge in [0.2, 0.25) is 0 Å². The number of nitrogens with one attached hydrogen (secondary N) is 1. The van der Waals surface area contributed by atoms with Crippen molar-refractivity contribution in [2.75, 3.05) is 18.4 Å². The Kier molecular flexibility index (Phi) is 10.9. The number of rotatable bonds is 14. The molecule has 244 valence electrons. The molecule has 2 aromatic carbocycles. The summed E-state index contributed by atoms with van der Waals surface area (Å²) in [5, 5.41) is 3.90. The molecule has 1 aliphatic rings. The zero-order chi connectivity index (χ0) is 32.8. The first kappa shape index (κ1) is 34.4. The Labute approximate surface area is 268 Å². The number of sulfonamides is 1. The summed E-state index contributed by atoms with van der Waals surface area (Å²) in [6, 6.07) is 13.1. The molecule has 1 saturated carbocycles. The van der Waals surface area contributed by atoms with Gasteiger partial charge in [-0.1, -0.05) is 67.7 Å². The van der Waals surface area contributed by atoms with Crippen LogP contribution in [-0.4, -0.2) is 49.8 Å². The lowest BCUT2D eigenvalue weighted by Crippen LogP contribution is -2.33. The number of ether oxygens (including phenoxy) is 1. The maximum Gasteiger partial charge on any atom is 0.263 e. The predicted octanol–water partition coefficient (Wildman–Crippen LogP) is 7.56. The van der Waals surface area contributed by atoms with Crippen molar-refractivity contribution in [3.05, 3.63) is 64.9 Å². The number of unbranched alkanes of at least 4 members (excludes halogenated alkanes) is 1. The van der Waals surface area contributed by atoms with E-state index in [1.165, 1.54) is 0 Å². The van der Waals surface area contributed by atoms with Crippen molar-refractivity contribution in [3.63, 3.8) is 0 Å². The minimum Gasteiger partial charge on any atom is -0.371 e. The van der Waals surface area contributed by atoms with Crippen molar-refractivity contribution in [2.24, 2.45) is 4.99 Å². The molecular weight excluding hydrogens is 588 g/mol. The van der Waals surface area contributed by atoms with E-state index in [2.05, 4.69) is 27.8 Å². The van der Waals surface area contributed by atoms with E-state index in [0.29, 0.717) is 30.0 Å². The zero-order valence-electron chi connectivity index (χ0n) is 27.8.